The van der Waals surface area contributed by atoms with Crippen LogP contribution in [0.25, 0.3) is 0 Å². The van der Waals surface area contributed by atoms with Gasteiger partial charge in [0.1, 0.15) is 13.2 Å². The fourth-order valence-electron chi connectivity index (χ4n) is 1.90. The van der Waals surface area contributed by atoms with E-state index < -0.39 is 17.1 Å². The van der Waals surface area contributed by atoms with Crippen LogP contribution < -0.4 is 0 Å². The molecule has 0 radical (unpaired) electrons. The zero-order valence-corrected chi connectivity index (χ0v) is 8.70. The molecule has 16 heavy (non-hydrogen) atoms. The minimum Gasteiger partial charge on any atom is -0.389 e. The second kappa shape index (κ2) is 4.19. The maximum Gasteiger partial charge on any atom is 0.270 e. The zero-order chi connectivity index (χ0) is 11.6. The van der Waals surface area contributed by atoms with Crippen molar-refractivity contribution in [1.29, 1.82) is 0 Å². The number of aliphatic hydroxyl groups is 1. The second-order valence-corrected chi connectivity index (χ2v) is 4.05. The monoisotopic (exact) mass is 223 g/mol. The highest BCUT2D eigenvalue weighted by molar-refractivity contribution is 5.19. The van der Waals surface area contributed by atoms with Gasteiger partial charge in [0.05, 0.1) is 12.5 Å². The van der Waals surface area contributed by atoms with E-state index >= 15 is 0 Å². The van der Waals surface area contributed by atoms with Crippen molar-refractivity contribution in [3.05, 3.63) is 46.0 Å². The first-order chi connectivity index (χ1) is 7.68. The Bertz CT molecular complexity index is 381. The molecular formula is C11H13NO4. The number of hydrogen-bond acceptors (Lipinski definition) is 4. The molecule has 0 amide bonds. The minimum absolute atomic E-state index is 0.0317. The van der Waals surface area contributed by atoms with E-state index in [2.05, 4.69) is 0 Å². The fourth-order valence-corrected chi connectivity index (χ4v) is 1.90. The topological polar surface area (TPSA) is 72.6 Å². The Morgan fingerprint density at radius 2 is 2.19 bits per heavy atom. The van der Waals surface area contributed by atoms with E-state index in [1.165, 1.54) is 0 Å². The van der Waals surface area contributed by atoms with E-state index in [0.717, 1.165) is 5.56 Å². The third-order valence-electron chi connectivity index (χ3n) is 2.97. The van der Waals surface area contributed by atoms with Gasteiger partial charge in [-0.2, -0.15) is 0 Å². The van der Waals surface area contributed by atoms with Crippen LogP contribution in [0, 0.1) is 10.1 Å². The van der Waals surface area contributed by atoms with Gasteiger partial charge < -0.3 is 9.84 Å². The Hall–Kier alpha value is -1.46. The van der Waals surface area contributed by atoms with E-state index in [1.807, 2.05) is 30.3 Å². The van der Waals surface area contributed by atoms with Crippen LogP contribution in [-0.4, -0.2) is 28.8 Å². The molecule has 1 saturated heterocycles. The lowest BCUT2D eigenvalue weighted by atomic mass is 9.95. The first kappa shape index (κ1) is 11.0. The van der Waals surface area contributed by atoms with E-state index in [9.17, 15) is 10.1 Å². The summed E-state index contributed by atoms with van der Waals surface area (Å²) in [5, 5.41) is 20.0. The van der Waals surface area contributed by atoms with Gasteiger partial charge in [-0.05, 0) is 5.56 Å². The van der Waals surface area contributed by atoms with Crippen LogP contribution >= 0.6 is 0 Å². The summed E-state index contributed by atoms with van der Waals surface area (Å²) in [6.45, 7) is -0.514. The van der Waals surface area contributed by atoms with Gasteiger partial charge in [0.25, 0.3) is 5.54 Å². The van der Waals surface area contributed by atoms with Gasteiger partial charge in [-0.25, -0.2) is 0 Å². The molecule has 0 aromatic heterocycles. The van der Waals surface area contributed by atoms with Gasteiger partial charge in [-0.3, -0.25) is 10.1 Å². The standard InChI is InChI=1S/C11H13NO4/c13-7-11(12(14)15)6-10(16-8-11)9-4-2-1-3-5-9/h1-5,10,13H,6-8H2. The summed E-state index contributed by atoms with van der Waals surface area (Å²) in [6.07, 6.45) is -0.0701. The predicted octanol–water partition coefficient (Wildman–Crippen LogP) is 1.16. The van der Waals surface area contributed by atoms with Gasteiger partial charge in [0.15, 0.2) is 0 Å². The quantitative estimate of drug-likeness (QED) is 0.616. The third-order valence-corrected chi connectivity index (χ3v) is 2.97. The predicted molar refractivity (Wildman–Crippen MR) is 56.6 cm³/mol. The highest BCUT2D eigenvalue weighted by Crippen LogP contribution is 2.36. The van der Waals surface area contributed by atoms with E-state index in [-0.39, 0.29) is 19.1 Å². The zero-order valence-electron chi connectivity index (χ0n) is 8.70. The lowest BCUT2D eigenvalue weighted by Crippen LogP contribution is -2.42. The van der Waals surface area contributed by atoms with Crippen molar-refractivity contribution in [2.24, 2.45) is 0 Å². The molecule has 1 aliphatic heterocycles. The molecular weight excluding hydrogens is 210 g/mol. The van der Waals surface area contributed by atoms with E-state index in [0.29, 0.717) is 0 Å². The maximum atomic E-state index is 10.9. The average molecular weight is 223 g/mol. The molecule has 1 aromatic rings. The van der Waals surface area contributed by atoms with Crippen LogP contribution in [0.3, 0.4) is 0 Å². The summed E-state index contributed by atoms with van der Waals surface area (Å²) in [7, 11) is 0. The molecule has 2 rings (SSSR count). The molecule has 0 spiro atoms. The largest absolute Gasteiger partial charge is 0.389 e. The van der Waals surface area contributed by atoms with Gasteiger partial charge in [0.2, 0.25) is 0 Å². The molecule has 0 aliphatic carbocycles. The van der Waals surface area contributed by atoms with Gasteiger partial charge in [0, 0.05) is 4.92 Å². The van der Waals surface area contributed by atoms with Crippen LogP contribution in [0.1, 0.15) is 18.1 Å². The smallest absolute Gasteiger partial charge is 0.270 e. The Balaban J connectivity index is 2.17. The molecule has 1 aromatic carbocycles. The van der Waals surface area contributed by atoms with E-state index in [4.69, 9.17) is 9.84 Å². The molecule has 5 heteroatoms. The lowest BCUT2D eigenvalue weighted by Gasteiger charge is -2.14. The van der Waals surface area contributed by atoms with Crippen molar-refractivity contribution in [2.45, 2.75) is 18.1 Å². The van der Waals surface area contributed by atoms with Gasteiger partial charge in [-0.15, -0.1) is 0 Å². The Morgan fingerprint density at radius 3 is 2.69 bits per heavy atom. The number of nitrogens with zero attached hydrogens (tertiary/aromatic N) is 1. The molecule has 0 saturated carbocycles. The fraction of sp³-hybridized carbons (Fsp3) is 0.455. The number of rotatable bonds is 3. The van der Waals surface area contributed by atoms with Crippen molar-refractivity contribution < 1.29 is 14.8 Å². The van der Waals surface area contributed by atoms with Crippen LogP contribution in [0.5, 0.6) is 0 Å². The highest BCUT2D eigenvalue weighted by atomic mass is 16.6. The molecule has 1 N–H and O–H groups in total. The summed E-state index contributed by atoms with van der Waals surface area (Å²) < 4.78 is 5.41. The van der Waals surface area contributed by atoms with E-state index in [1.54, 1.807) is 0 Å². The average Bonchev–Trinajstić information content (AvgIpc) is 2.76. The van der Waals surface area contributed by atoms with Crippen LogP contribution in [0.15, 0.2) is 30.3 Å². The molecule has 86 valence electrons. The minimum atomic E-state index is -1.33. The number of ether oxygens (including phenoxy) is 1. The first-order valence-corrected chi connectivity index (χ1v) is 5.10. The summed E-state index contributed by atoms with van der Waals surface area (Å²) in [5.41, 5.74) is -0.416. The second-order valence-electron chi connectivity index (χ2n) is 4.05. The van der Waals surface area contributed by atoms with Crippen LogP contribution in [0.2, 0.25) is 0 Å². The normalized spacial score (nSPS) is 29.2. The molecule has 2 unspecified atom stereocenters. The Kier molecular flexibility index (Phi) is 2.89. The third kappa shape index (κ3) is 1.79. The molecule has 5 nitrogen and oxygen atoms in total. The van der Waals surface area contributed by atoms with Crippen molar-refractivity contribution in [3.8, 4) is 0 Å². The SMILES string of the molecule is O=[N+]([O-])C1(CO)COC(c2ccccc2)C1. The number of nitro groups is 1. The molecule has 1 heterocycles. The van der Waals surface area contributed by atoms with Crippen LogP contribution in [-0.2, 0) is 4.74 Å². The highest BCUT2D eigenvalue weighted by Gasteiger charge is 2.50. The summed E-state index contributed by atoms with van der Waals surface area (Å²) >= 11 is 0. The lowest BCUT2D eigenvalue weighted by molar-refractivity contribution is -0.570. The summed E-state index contributed by atoms with van der Waals surface area (Å²) in [5.74, 6) is 0. The summed E-state index contributed by atoms with van der Waals surface area (Å²) in [4.78, 5) is 10.5. The molecule has 2 atom stereocenters. The maximum absolute atomic E-state index is 10.9. The number of hydrogen-bond donors (Lipinski definition) is 1. The number of benzene rings is 1. The molecule has 1 aliphatic rings. The van der Waals surface area contributed by atoms with Gasteiger partial charge >= 0.3 is 0 Å². The first-order valence-electron chi connectivity index (χ1n) is 5.10. The Morgan fingerprint density at radius 1 is 1.50 bits per heavy atom. The molecule has 0 bridgehead atoms. The van der Waals surface area contributed by atoms with Crippen molar-refractivity contribution >= 4 is 0 Å². The number of aliphatic hydroxyl groups excluding tert-OH is 1. The summed E-state index contributed by atoms with van der Waals surface area (Å²) in [6, 6.07) is 9.36. The van der Waals surface area contributed by atoms with Crippen molar-refractivity contribution in [2.75, 3.05) is 13.2 Å². The van der Waals surface area contributed by atoms with Crippen LogP contribution in [0.4, 0.5) is 0 Å². The van der Waals surface area contributed by atoms with Crippen molar-refractivity contribution in [1.82, 2.24) is 0 Å². The Labute approximate surface area is 92.8 Å². The molecule has 1 fully saturated rings. The van der Waals surface area contributed by atoms with Gasteiger partial charge in [-0.1, -0.05) is 30.3 Å². The van der Waals surface area contributed by atoms with Crippen molar-refractivity contribution in [3.63, 3.8) is 0 Å².